The van der Waals surface area contributed by atoms with Crippen LogP contribution in [0.25, 0.3) is 0 Å². The molecule has 212 valence electrons. The molecule has 7 nitrogen and oxygen atoms in total. The topological polar surface area (TPSA) is 106 Å². The fraction of sp³-hybridized carbons (Fsp3) is 0.767. The summed E-state index contributed by atoms with van der Waals surface area (Å²) in [6, 6.07) is 6.25. The SMILES string of the molecule is COCCCOc1cc(CC(C[C@H](N)[C@@H](O)C[C@H](C(=O)NC2CCNCC2)C(C)C)C(C)C)ccc1C. The highest BCUT2D eigenvalue weighted by Crippen LogP contribution is 2.28. The van der Waals surface area contributed by atoms with E-state index in [1.54, 1.807) is 7.11 Å². The van der Waals surface area contributed by atoms with Gasteiger partial charge < -0.3 is 30.9 Å². The Labute approximate surface area is 225 Å². The Morgan fingerprint density at radius 3 is 2.46 bits per heavy atom. The number of hydrogen-bond donors (Lipinski definition) is 4. The first kappa shape index (κ1) is 31.5. The van der Waals surface area contributed by atoms with Crippen molar-refractivity contribution in [2.45, 2.75) is 91.3 Å². The lowest BCUT2D eigenvalue weighted by Crippen LogP contribution is -2.47. The van der Waals surface area contributed by atoms with E-state index in [0.29, 0.717) is 37.9 Å². The van der Waals surface area contributed by atoms with Gasteiger partial charge in [0.2, 0.25) is 5.91 Å². The zero-order chi connectivity index (χ0) is 27.4. The van der Waals surface area contributed by atoms with Crippen LogP contribution in [0.3, 0.4) is 0 Å². The van der Waals surface area contributed by atoms with Crippen LogP contribution in [0.15, 0.2) is 18.2 Å². The minimum Gasteiger partial charge on any atom is -0.493 e. The van der Waals surface area contributed by atoms with Crippen molar-refractivity contribution in [2.24, 2.45) is 29.4 Å². The van der Waals surface area contributed by atoms with Crippen LogP contribution in [-0.2, 0) is 16.0 Å². The van der Waals surface area contributed by atoms with Crippen molar-refractivity contribution in [3.63, 3.8) is 0 Å². The summed E-state index contributed by atoms with van der Waals surface area (Å²) in [4.78, 5) is 13.1. The van der Waals surface area contributed by atoms with Crippen LogP contribution < -0.4 is 21.1 Å². The number of benzene rings is 1. The molecular weight excluding hydrogens is 466 g/mol. The summed E-state index contributed by atoms with van der Waals surface area (Å²) in [6.45, 7) is 13.8. The Bertz CT molecular complexity index is 795. The van der Waals surface area contributed by atoms with Gasteiger partial charge in [0.05, 0.1) is 12.7 Å². The molecule has 4 atom stereocenters. The highest BCUT2D eigenvalue weighted by molar-refractivity contribution is 5.79. The fourth-order valence-electron chi connectivity index (χ4n) is 5.10. The van der Waals surface area contributed by atoms with Crippen molar-refractivity contribution < 1.29 is 19.4 Å². The molecule has 1 aromatic rings. The molecule has 0 aromatic heterocycles. The van der Waals surface area contributed by atoms with E-state index in [0.717, 1.165) is 50.1 Å². The van der Waals surface area contributed by atoms with Crippen molar-refractivity contribution in [2.75, 3.05) is 33.4 Å². The lowest BCUT2D eigenvalue weighted by Gasteiger charge is -2.31. The van der Waals surface area contributed by atoms with E-state index in [4.69, 9.17) is 15.2 Å². The number of piperidine rings is 1. The van der Waals surface area contributed by atoms with Gasteiger partial charge in [-0.1, -0.05) is 39.8 Å². The third-order valence-electron chi connectivity index (χ3n) is 7.84. The number of hydrogen-bond acceptors (Lipinski definition) is 6. The number of nitrogens with two attached hydrogens (primary N) is 1. The van der Waals surface area contributed by atoms with Gasteiger partial charge in [-0.05, 0) is 87.1 Å². The number of nitrogens with one attached hydrogen (secondary N) is 2. The molecule has 1 aromatic carbocycles. The molecule has 1 aliphatic rings. The van der Waals surface area contributed by atoms with Crippen molar-refractivity contribution in [1.29, 1.82) is 0 Å². The molecule has 2 rings (SSSR count). The Hall–Kier alpha value is -1.67. The summed E-state index contributed by atoms with van der Waals surface area (Å²) < 4.78 is 11.1. The zero-order valence-electron chi connectivity index (χ0n) is 24.1. The number of methoxy groups -OCH3 is 1. The van der Waals surface area contributed by atoms with Crippen LogP contribution in [-0.4, -0.2) is 62.6 Å². The van der Waals surface area contributed by atoms with Gasteiger partial charge in [0.1, 0.15) is 5.75 Å². The van der Waals surface area contributed by atoms with E-state index in [1.807, 2.05) is 13.8 Å². The van der Waals surface area contributed by atoms with Gasteiger partial charge in [-0.2, -0.15) is 0 Å². The highest BCUT2D eigenvalue weighted by atomic mass is 16.5. The number of carbonyl (C=O) groups is 1. The second-order valence-electron chi connectivity index (χ2n) is 11.6. The smallest absolute Gasteiger partial charge is 0.223 e. The lowest BCUT2D eigenvalue weighted by atomic mass is 9.80. The van der Waals surface area contributed by atoms with Gasteiger partial charge in [0.25, 0.3) is 0 Å². The molecule has 1 saturated heterocycles. The van der Waals surface area contributed by atoms with E-state index in [2.05, 4.69) is 49.6 Å². The van der Waals surface area contributed by atoms with E-state index < -0.39 is 6.10 Å². The molecule has 5 N–H and O–H groups in total. The summed E-state index contributed by atoms with van der Waals surface area (Å²) in [7, 11) is 1.70. The molecule has 1 heterocycles. The third-order valence-corrected chi connectivity index (χ3v) is 7.84. The molecule has 1 unspecified atom stereocenters. The number of aliphatic hydroxyl groups excluding tert-OH is 1. The van der Waals surface area contributed by atoms with E-state index in [1.165, 1.54) is 5.56 Å². The molecule has 0 saturated carbocycles. The first-order valence-corrected chi connectivity index (χ1v) is 14.3. The van der Waals surface area contributed by atoms with Crippen LogP contribution in [0.4, 0.5) is 0 Å². The maximum atomic E-state index is 13.1. The van der Waals surface area contributed by atoms with Crippen molar-refractivity contribution in [1.82, 2.24) is 10.6 Å². The van der Waals surface area contributed by atoms with Gasteiger partial charge in [-0.15, -0.1) is 0 Å². The Kier molecular flexibility index (Phi) is 13.9. The summed E-state index contributed by atoms with van der Waals surface area (Å²) >= 11 is 0. The molecular formula is C30H53N3O4. The first-order valence-electron chi connectivity index (χ1n) is 14.3. The molecule has 0 radical (unpaired) electrons. The van der Waals surface area contributed by atoms with Crippen molar-refractivity contribution >= 4 is 5.91 Å². The van der Waals surface area contributed by atoms with Gasteiger partial charge >= 0.3 is 0 Å². The molecule has 0 spiro atoms. The molecule has 7 heteroatoms. The largest absolute Gasteiger partial charge is 0.493 e. The number of aliphatic hydroxyl groups is 1. The molecule has 1 fully saturated rings. The average molecular weight is 520 g/mol. The monoisotopic (exact) mass is 519 g/mol. The predicted molar refractivity (Wildman–Crippen MR) is 151 cm³/mol. The summed E-state index contributed by atoms with van der Waals surface area (Å²) in [6.07, 6.45) is 4.01. The van der Waals surface area contributed by atoms with Crippen molar-refractivity contribution in [3.05, 3.63) is 29.3 Å². The minimum atomic E-state index is -0.717. The first-order chi connectivity index (χ1) is 17.6. The van der Waals surface area contributed by atoms with Gasteiger partial charge in [-0.3, -0.25) is 4.79 Å². The number of amides is 1. The highest BCUT2D eigenvalue weighted by Gasteiger charge is 2.31. The van der Waals surface area contributed by atoms with Gasteiger partial charge in [0, 0.05) is 38.1 Å². The average Bonchev–Trinajstić information content (AvgIpc) is 2.86. The molecule has 37 heavy (non-hydrogen) atoms. The van der Waals surface area contributed by atoms with Crippen molar-refractivity contribution in [3.8, 4) is 5.75 Å². The van der Waals surface area contributed by atoms with E-state index in [-0.39, 0.29) is 29.8 Å². The normalized spacial score (nSPS) is 18.0. The quantitative estimate of drug-likeness (QED) is 0.247. The third kappa shape index (κ3) is 10.9. The van der Waals surface area contributed by atoms with Crippen LogP contribution in [0.2, 0.25) is 0 Å². The van der Waals surface area contributed by atoms with Crippen LogP contribution in [0.5, 0.6) is 5.75 Å². The summed E-state index contributed by atoms with van der Waals surface area (Å²) in [5.74, 6) is 1.58. The predicted octanol–water partition coefficient (Wildman–Crippen LogP) is 3.83. The number of rotatable bonds is 16. The lowest BCUT2D eigenvalue weighted by molar-refractivity contribution is -0.128. The Morgan fingerprint density at radius 1 is 1.14 bits per heavy atom. The molecule has 1 aliphatic heterocycles. The Morgan fingerprint density at radius 2 is 1.84 bits per heavy atom. The number of aryl methyl sites for hydroxylation is 1. The standard InChI is InChI=1S/C30H53N3O4/c1-20(2)24(16-23-9-8-22(5)29(17-23)37-15-7-14-36-6)18-27(31)28(34)19-26(21(3)4)30(35)33-25-10-12-32-13-11-25/h8-9,17,20-21,24-28,32,34H,7,10-16,18-19,31H2,1-6H3,(H,33,35)/t24?,26-,27-,28-/m0/s1. The van der Waals surface area contributed by atoms with E-state index in [9.17, 15) is 9.90 Å². The summed E-state index contributed by atoms with van der Waals surface area (Å²) in [5.41, 5.74) is 8.90. The maximum absolute atomic E-state index is 13.1. The zero-order valence-corrected chi connectivity index (χ0v) is 24.1. The number of carbonyl (C=O) groups excluding carboxylic acids is 1. The van der Waals surface area contributed by atoms with E-state index >= 15 is 0 Å². The summed E-state index contributed by atoms with van der Waals surface area (Å²) in [5, 5.41) is 17.6. The second kappa shape index (κ2) is 16.3. The number of ether oxygens (including phenoxy) is 2. The van der Waals surface area contributed by atoms with Crippen LogP contribution >= 0.6 is 0 Å². The molecule has 0 aliphatic carbocycles. The maximum Gasteiger partial charge on any atom is 0.223 e. The van der Waals surface area contributed by atoms with Crippen LogP contribution in [0.1, 0.15) is 70.9 Å². The fourth-order valence-corrected chi connectivity index (χ4v) is 5.10. The minimum absolute atomic E-state index is 0.0474. The Balaban J connectivity index is 1.97. The van der Waals surface area contributed by atoms with Gasteiger partial charge in [0.15, 0.2) is 0 Å². The molecule has 0 bridgehead atoms. The van der Waals surface area contributed by atoms with Gasteiger partial charge in [-0.25, -0.2) is 0 Å². The molecule has 1 amide bonds. The second-order valence-corrected chi connectivity index (χ2v) is 11.6. The van der Waals surface area contributed by atoms with Crippen LogP contribution in [0, 0.1) is 30.6 Å².